The van der Waals surface area contributed by atoms with Crippen molar-refractivity contribution in [2.24, 2.45) is 17.1 Å². The van der Waals surface area contributed by atoms with Gasteiger partial charge in [0.15, 0.2) is 5.41 Å². The number of imidazole rings is 1. The van der Waals surface area contributed by atoms with Gasteiger partial charge in [-0.05, 0) is 40.8 Å². The van der Waals surface area contributed by atoms with Crippen molar-refractivity contribution in [1.29, 1.82) is 0 Å². The first-order valence-corrected chi connectivity index (χ1v) is 9.55. The summed E-state index contributed by atoms with van der Waals surface area (Å²) in [6, 6.07) is 8.08. The number of aromatic nitrogens is 2. The van der Waals surface area contributed by atoms with Crippen LogP contribution in [0.25, 0.3) is 16.8 Å². The number of allylic oxidation sites excluding steroid dienone is 2. The van der Waals surface area contributed by atoms with Gasteiger partial charge in [0, 0.05) is 11.1 Å². The van der Waals surface area contributed by atoms with Crippen molar-refractivity contribution >= 4 is 40.0 Å². The second-order valence-corrected chi connectivity index (χ2v) is 7.66. The minimum Gasteiger partial charge on any atom is -0.481 e. The fraction of sp³-hybridized carbons (Fsp3) is 0.150. The number of rotatable bonds is 4. The third-order valence-corrected chi connectivity index (χ3v) is 6.04. The molecule has 0 aromatic carbocycles. The summed E-state index contributed by atoms with van der Waals surface area (Å²) in [5, 5.41) is 11.3. The van der Waals surface area contributed by atoms with Crippen molar-refractivity contribution in [3.8, 4) is 0 Å². The Hall–Kier alpha value is -3.40. The predicted octanol–water partition coefficient (Wildman–Crippen LogP) is 3.61. The molecule has 0 bridgehead atoms. The third-order valence-electron chi connectivity index (χ3n) is 5.14. The van der Waals surface area contributed by atoms with Gasteiger partial charge in [-0.15, -0.1) is 11.3 Å². The summed E-state index contributed by atoms with van der Waals surface area (Å²) in [4.78, 5) is 28.6. The van der Waals surface area contributed by atoms with Crippen LogP contribution >= 0.6 is 11.3 Å². The van der Waals surface area contributed by atoms with Crippen LogP contribution < -0.4 is 5.73 Å². The monoisotopic (exact) mass is 433 g/mol. The lowest BCUT2D eigenvalue weighted by Crippen LogP contribution is -2.56. The topological polar surface area (TPSA) is 97.7 Å². The largest absolute Gasteiger partial charge is 0.481 e. The molecule has 3 N–H and O–H groups in total. The van der Waals surface area contributed by atoms with Crippen molar-refractivity contribution < 1.29 is 27.9 Å². The van der Waals surface area contributed by atoms with Crippen LogP contribution in [0.15, 0.2) is 60.3 Å². The second kappa shape index (κ2) is 6.84. The number of primary amides is 1. The van der Waals surface area contributed by atoms with Crippen LogP contribution in [0.4, 0.5) is 13.2 Å². The van der Waals surface area contributed by atoms with E-state index >= 15 is 0 Å². The van der Waals surface area contributed by atoms with Gasteiger partial charge in [-0.25, -0.2) is 4.98 Å². The summed E-state index contributed by atoms with van der Waals surface area (Å²) < 4.78 is 44.7. The number of carboxylic acid groups (broad SMARTS) is 1. The molecule has 3 aromatic heterocycles. The Balaban J connectivity index is 2.05. The number of aliphatic carboxylic acids is 1. The van der Waals surface area contributed by atoms with Crippen LogP contribution in [0.1, 0.15) is 10.6 Å². The zero-order valence-electron chi connectivity index (χ0n) is 15.1. The number of hydrogen-bond donors (Lipinski definition) is 2. The van der Waals surface area contributed by atoms with E-state index in [1.807, 2.05) is 0 Å². The number of nitrogens with two attached hydrogens (primary N) is 1. The highest BCUT2D eigenvalue weighted by Crippen LogP contribution is 2.57. The lowest BCUT2D eigenvalue weighted by atomic mass is 9.64. The van der Waals surface area contributed by atoms with Crippen LogP contribution in [0.5, 0.6) is 0 Å². The summed E-state index contributed by atoms with van der Waals surface area (Å²) in [7, 11) is 0. The predicted molar refractivity (Wildman–Crippen MR) is 104 cm³/mol. The van der Waals surface area contributed by atoms with E-state index in [1.54, 1.807) is 34.2 Å². The normalized spacial score (nSPS) is 21.9. The first-order chi connectivity index (χ1) is 14.2. The summed E-state index contributed by atoms with van der Waals surface area (Å²) in [6.07, 6.45) is -0.0343. The molecule has 0 aliphatic heterocycles. The van der Waals surface area contributed by atoms with Crippen molar-refractivity contribution in [2.75, 3.05) is 0 Å². The number of alkyl halides is 3. The number of carbonyl (C=O) groups is 2. The molecule has 2 unspecified atom stereocenters. The number of carboxylic acids is 1. The summed E-state index contributed by atoms with van der Waals surface area (Å²) in [5.74, 6) is -5.82. The van der Waals surface area contributed by atoms with E-state index in [4.69, 9.17) is 5.73 Å². The number of thiophene rings is 1. The fourth-order valence-electron chi connectivity index (χ4n) is 3.80. The third kappa shape index (κ3) is 2.75. The Morgan fingerprint density at radius 2 is 2.00 bits per heavy atom. The molecule has 6 nitrogen and oxygen atoms in total. The highest BCUT2D eigenvalue weighted by molar-refractivity contribution is 7.11. The number of hydrogen-bond acceptors (Lipinski definition) is 4. The molecular formula is C20H14F3N3O3S. The smallest absolute Gasteiger partial charge is 0.408 e. The maximum absolute atomic E-state index is 14.4. The Kier molecular flexibility index (Phi) is 4.53. The molecule has 1 aliphatic rings. The first kappa shape index (κ1) is 19.9. The zero-order valence-corrected chi connectivity index (χ0v) is 15.9. The Morgan fingerprint density at radius 3 is 2.60 bits per heavy atom. The van der Waals surface area contributed by atoms with Crippen LogP contribution in [0.2, 0.25) is 0 Å². The van der Waals surface area contributed by atoms with Crippen molar-refractivity contribution in [2.45, 2.75) is 6.18 Å². The van der Waals surface area contributed by atoms with Gasteiger partial charge in [-0.2, -0.15) is 13.2 Å². The Labute approximate surface area is 171 Å². The number of nitrogens with zero attached hydrogens (tertiary/aromatic N) is 2. The molecule has 3 aromatic rings. The maximum Gasteiger partial charge on any atom is 0.408 e. The summed E-state index contributed by atoms with van der Waals surface area (Å²) >= 11 is 0.963. The summed E-state index contributed by atoms with van der Waals surface area (Å²) in [5.41, 5.74) is 2.49. The molecule has 0 fully saturated rings. The van der Waals surface area contributed by atoms with Crippen molar-refractivity contribution in [3.05, 3.63) is 70.8 Å². The minimum atomic E-state index is -5.24. The highest BCUT2D eigenvalue weighted by Gasteiger charge is 2.68. The Morgan fingerprint density at radius 1 is 1.23 bits per heavy atom. The molecule has 1 amide bonds. The molecule has 30 heavy (non-hydrogen) atoms. The van der Waals surface area contributed by atoms with E-state index in [-0.39, 0.29) is 10.5 Å². The highest BCUT2D eigenvalue weighted by atomic mass is 32.1. The van der Waals surface area contributed by atoms with Crippen LogP contribution in [-0.2, 0) is 9.59 Å². The van der Waals surface area contributed by atoms with E-state index < -0.39 is 35.0 Å². The van der Waals surface area contributed by atoms with Gasteiger partial charge in [-0.3, -0.25) is 14.0 Å². The average molecular weight is 433 g/mol. The Bertz CT molecular complexity index is 1210. The molecule has 10 heteroatoms. The number of halogens is 3. The number of carbonyl (C=O) groups excluding carboxylic acids is 1. The van der Waals surface area contributed by atoms with Gasteiger partial charge in [0.25, 0.3) is 0 Å². The van der Waals surface area contributed by atoms with E-state index in [1.165, 1.54) is 24.4 Å². The second-order valence-electron chi connectivity index (χ2n) is 6.72. The maximum atomic E-state index is 14.4. The van der Waals surface area contributed by atoms with Crippen LogP contribution in [0, 0.1) is 11.3 Å². The molecule has 2 atom stereocenters. The molecule has 1 aliphatic carbocycles. The van der Waals surface area contributed by atoms with Gasteiger partial charge < -0.3 is 10.8 Å². The zero-order chi connectivity index (χ0) is 21.7. The van der Waals surface area contributed by atoms with Gasteiger partial charge in [0.1, 0.15) is 11.6 Å². The fourth-order valence-corrected chi connectivity index (χ4v) is 4.61. The van der Waals surface area contributed by atoms with E-state index in [0.29, 0.717) is 11.3 Å². The lowest BCUT2D eigenvalue weighted by Gasteiger charge is -2.40. The van der Waals surface area contributed by atoms with E-state index in [0.717, 1.165) is 17.4 Å². The molecule has 0 spiro atoms. The molecule has 3 heterocycles. The van der Waals surface area contributed by atoms with Gasteiger partial charge in [0.2, 0.25) is 5.91 Å². The molecule has 0 saturated heterocycles. The van der Waals surface area contributed by atoms with Crippen LogP contribution in [0.3, 0.4) is 0 Å². The lowest BCUT2D eigenvalue weighted by molar-refractivity contribution is -0.215. The quantitative estimate of drug-likeness (QED) is 0.657. The molecule has 154 valence electrons. The number of pyridine rings is 1. The van der Waals surface area contributed by atoms with Crippen molar-refractivity contribution in [3.63, 3.8) is 0 Å². The number of fused-ring (bicyclic) bond motifs is 1. The summed E-state index contributed by atoms with van der Waals surface area (Å²) in [6.45, 7) is 0. The van der Waals surface area contributed by atoms with Gasteiger partial charge in [-0.1, -0.05) is 18.2 Å². The molecule has 0 saturated carbocycles. The molecule has 0 radical (unpaired) electrons. The molecule has 4 rings (SSSR count). The van der Waals surface area contributed by atoms with Gasteiger partial charge >= 0.3 is 12.1 Å². The number of amides is 1. The average Bonchev–Trinajstić information content (AvgIpc) is 3.35. The van der Waals surface area contributed by atoms with E-state index in [2.05, 4.69) is 4.98 Å². The minimum absolute atomic E-state index is 0.108. The SMILES string of the molecule is NC(=O)C1(C(F)(F)F)C(c2cccs2)=CC(c2cnc3ccccn23)=CC1C(=O)O. The van der Waals surface area contributed by atoms with Gasteiger partial charge in [0.05, 0.1) is 11.9 Å². The molecular weight excluding hydrogens is 419 g/mol. The van der Waals surface area contributed by atoms with E-state index in [9.17, 15) is 27.9 Å². The van der Waals surface area contributed by atoms with Crippen molar-refractivity contribution in [1.82, 2.24) is 9.38 Å². The van der Waals surface area contributed by atoms with Crippen LogP contribution in [-0.4, -0.2) is 32.5 Å². The first-order valence-electron chi connectivity index (χ1n) is 8.67. The standard InChI is InChI=1S/C20H14F3N3O3S/c21-20(22,23)19(18(24)29)12(15-4-3-7-30-15)8-11(9-13(19)17(27)28)14-10-25-16-5-1-2-6-26(14)16/h1-10,13H,(H2,24,29)(H,27,28).